The number of H-pyrrole nitrogens is 1. The molecule has 0 bridgehead atoms. The number of nitrogens with one attached hydrogen (secondary N) is 1. The van der Waals surface area contributed by atoms with Crippen LogP contribution in [0.4, 0.5) is 0 Å². The van der Waals surface area contributed by atoms with E-state index in [1.54, 1.807) is 6.20 Å². The highest BCUT2D eigenvalue weighted by Gasteiger charge is 2.42. The maximum atomic E-state index is 12.7. The summed E-state index contributed by atoms with van der Waals surface area (Å²) < 4.78 is 11.1. The van der Waals surface area contributed by atoms with Gasteiger partial charge in [0.15, 0.2) is 5.60 Å². The predicted molar refractivity (Wildman–Crippen MR) is 75.6 cm³/mol. The number of aromatic nitrogens is 2. The van der Waals surface area contributed by atoms with Crippen LogP contribution in [0.1, 0.15) is 12.7 Å². The molecular formula is C14H22N4O3. The Balaban J connectivity index is 1.64. The number of imidazole rings is 1. The van der Waals surface area contributed by atoms with E-state index in [2.05, 4.69) is 14.9 Å². The summed E-state index contributed by atoms with van der Waals surface area (Å²) in [6, 6.07) is 0. The van der Waals surface area contributed by atoms with Crippen molar-refractivity contribution in [1.82, 2.24) is 19.8 Å². The zero-order valence-electron chi connectivity index (χ0n) is 12.4. The lowest BCUT2D eigenvalue weighted by Crippen LogP contribution is -2.60. The molecule has 2 aliphatic heterocycles. The first-order valence-corrected chi connectivity index (χ1v) is 7.39. The third-order valence-corrected chi connectivity index (χ3v) is 4.03. The van der Waals surface area contributed by atoms with Crippen LogP contribution in [0.2, 0.25) is 0 Å². The fourth-order valence-corrected chi connectivity index (χ4v) is 2.91. The van der Waals surface area contributed by atoms with Crippen LogP contribution in [0, 0.1) is 0 Å². The van der Waals surface area contributed by atoms with E-state index in [0.29, 0.717) is 46.0 Å². The van der Waals surface area contributed by atoms with Gasteiger partial charge in [0.2, 0.25) is 0 Å². The van der Waals surface area contributed by atoms with E-state index in [1.165, 1.54) is 0 Å². The summed E-state index contributed by atoms with van der Waals surface area (Å²) in [7, 11) is 0. The first-order valence-electron chi connectivity index (χ1n) is 7.39. The first kappa shape index (κ1) is 14.5. The zero-order valence-corrected chi connectivity index (χ0v) is 12.4. The zero-order chi connectivity index (χ0) is 14.7. The maximum Gasteiger partial charge on any atom is 0.256 e. The van der Waals surface area contributed by atoms with Crippen molar-refractivity contribution in [2.24, 2.45) is 0 Å². The van der Waals surface area contributed by atoms with E-state index < -0.39 is 5.60 Å². The molecule has 1 aromatic rings. The molecule has 1 aromatic heterocycles. The molecular weight excluding hydrogens is 272 g/mol. The quantitative estimate of drug-likeness (QED) is 0.840. The normalized spacial score (nSPS) is 27.8. The Morgan fingerprint density at radius 2 is 2.19 bits per heavy atom. The third kappa shape index (κ3) is 3.25. The Bertz CT molecular complexity index is 473. The first-order chi connectivity index (χ1) is 10.2. The highest BCUT2D eigenvalue weighted by Crippen LogP contribution is 2.22. The van der Waals surface area contributed by atoms with Crippen molar-refractivity contribution in [2.45, 2.75) is 19.1 Å². The van der Waals surface area contributed by atoms with Crippen LogP contribution in [-0.2, 0) is 20.8 Å². The van der Waals surface area contributed by atoms with Gasteiger partial charge in [0, 0.05) is 38.6 Å². The number of hydrogen-bond acceptors (Lipinski definition) is 5. The van der Waals surface area contributed by atoms with Gasteiger partial charge in [0.1, 0.15) is 5.82 Å². The monoisotopic (exact) mass is 294 g/mol. The van der Waals surface area contributed by atoms with Gasteiger partial charge in [-0.25, -0.2) is 4.98 Å². The molecule has 7 nitrogen and oxygen atoms in total. The molecule has 21 heavy (non-hydrogen) atoms. The average molecular weight is 294 g/mol. The molecule has 0 aromatic carbocycles. The van der Waals surface area contributed by atoms with Crippen LogP contribution in [0.15, 0.2) is 12.4 Å². The van der Waals surface area contributed by atoms with E-state index >= 15 is 0 Å². The van der Waals surface area contributed by atoms with Gasteiger partial charge in [-0.1, -0.05) is 0 Å². The van der Waals surface area contributed by atoms with Crippen molar-refractivity contribution in [3.05, 3.63) is 18.2 Å². The molecule has 0 saturated carbocycles. The molecule has 116 valence electrons. The second-order valence-electron chi connectivity index (χ2n) is 5.73. The van der Waals surface area contributed by atoms with Crippen LogP contribution < -0.4 is 0 Å². The summed E-state index contributed by atoms with van der Waals surface area (Å²) in [6.07, 6.45) is 3.56. The summed E-state index contributed by atoms with van der Waals surface area (Å²) in [5.74, 6) is 0.980. The summed E-state index contributed by atoms with van der Waals surface area (Å²) in [5.41, 5.74) is -0.776. The summed E-state index contributed by atoms with van der Waals surface area (Å²) >= 11 is 0. The molecule has 3 rings (SSSR count). The largest absolute Gasteiger partial charge is 0.378 e. The van der Waals surface area contributed by atoms with Gasteiger partial charge in [-0.3, -0.25) is 9.69 Å². The Morgan fingerprint density at radius 3 is 2.90 bits per heavy atom. The number of morpholine rings is 2. The fourth-order valence-electron chi connectivity index (χ4n) is 2.91. The molecule has 1 N–H and O–H groups in total. The topological polar surface area (TPSA) is 70.7 Å². The second-order valence-corrected chi connectivity index (χ2v) is 5.73. The minimum Gasteiger partial charge on any atom is -0.378 e. The lowest BCUT2D eigenvalue weighted by molar-refractivity contribution is -0.171. The third-order valence-electron chi connectivity index (χ3n) is 4.03. The number of hydrogen-bond donors (Lipinski definition) is 1. The van der Waals surface area contributed by atoms with Crippen LogP contribution in [0.25, 0.3) is 0 Å². The highest BCUT2D eigenvalue weighted by molar-refractivity contribution is 5.85. The lowest BCUT2D eigenvalue weighted by atomic mass is 10.0. The molecule has 2 aliphatic rings. The van der Waals surface area contributed by atoms with Crippen molar-refractivity contribution in [2.75, 3.05) is 46.0 Å². The number of nitrogens with zero attached hydrogens (tertiary/aromatic N) is 3. The predicted octanol–water partition coefficient (Wildman–Crippen LogP) is -0.141. The van der Waals surface area contributed by atoms with Crippen LogP contribution in [-0.4, -0.2) is 77.3 Å². The average Bonchev–Trinajstić information content (AvgIpc) is 3.00. The maximum absolute atomic E-state index is 12.7. The van der Waals surface area contributed by atoms with Gasteiger partial charge in [-0.2, -0.15) is 0 Å². The Morgan fingerprint density at radius 1 is 1.38 bits per heavy atom. The van der Waals surface area contributed by atoms with E-state index in [1.807, 2.05) is 18.0 Å². The number of aromatic amines is 1. The van der Waals surface area contributed by atoms with Crippen molar-refractivity contribution in [3.63, 3.8) is 0 Å². The molecule has 2 fully saturated rings. The standard InChI is InChI=1S/C14H22N4O3/c1-14(13(19)18-5-7-20-8-6-18)11-17(4-9-21-14)10-12-15-2-3-16-12/h2-3H,4-11H2,1H3,(H,15,16)/t14-/m1/s1. The molecule has 0 unspecified atom stereocenters. The summed E-state index contributed by atoms with van der Waals surface area (Å²) in [4.78, 5) is 24.1. The summed E-state index contributed by atoms with van der Waals surface area (Å²) in [6.45, 7) is 7.08. The molecule has 3 heterocycles. The molecule has 0 aliphatic carbocycles. The summed E-state index contributed by atoms with van der Waals surface area (Å²) in [5, 5.41) is 0. The Labute approximate surface area is 124 Å². The Hall–Kier alpha value is -1.44. The van der Waals surface area contributed by atoms with Crippen molar-refractivity contribution >= 4 is 5.91 Å². The van der Waals surface area contributed by atoms with Gasteiger partial charge >= 0.3 is 0 Å². The minimum atomic E-state index is -0.776. The van der Waals surface area contributed by atoms with Crippen molar-refractivity contribution in [1.29, 1.82) is 0 Å². The van der Waals surface area contributed by atoms with Gasteiger partial charge in [-0.05, 0) is 6.92 Å². The number of ether oxygens (including phenoxy) is 2. The van der Waals surface area contributed by atoms with Crippen LogP contribution >= 0.6 is 0 Å². The minimum absolute atomic E-state index is 0.0648. The lowest BCUT2D eigenvalue weighted by Gasteiger charge is -2.42. The van der Waals surface area contributed by atoms with Gasteiger partial charge in [0.05, 0.1) is 26.4 Å². The van der Waals surface area contributed by atoms with Crippen LogP contribution in [0.3, 0.4) is 0 Å². The van der Waals surface area contributed by atoms with Gasteiger partial charge < -0.3 is 19.4 Å². The van der Waals surface area contributed by atoms with E-state index in [4.69, 9.17) is 9.47 Å². The number of carbonyl (C=O) groups is 1. The Kier molecular flexibility index (Phi) is 4.23. The second kappa shape index (κ2) is 6.13. The molecule has 0 spiro atoms. The number of amides is 1. The molecule has 2 saturated heterocycles. The van der Waals surface area contributed by atoms with Crippen LogP contribution in [0.5, 0.6) is 0 Å². The highest BCUT2D eigenvalue weighted by atomic mass is 16.5. The van der Waals surface area contributed by atoms with Crippen molar-refractivity contribution in [3.8, 4) is 0 Å². The van der Waals surface area contributed by atoms with Crippen molar-refractivity contribution < 1.29 is 14.3 Å². The molecule has 0 radical (unpaired) electrons. The van der Waals surface area contributed by atoms with E-state index in [-0.39, 0.29) is 5.91 Å². The fraction of sp³-hybridized carbons (Fsp3) is 0.714. The van der Waals surface area contributed by atoms with E-state index in [0.717, 1.165) is 12.4 Å². The number of rotatable bonds is 3. The SMILES string of the molecule is C[C@]1(C(=O)N2CCOCC2)CN(Cc2ncc[nH]2)CCO1. The molecule has 1 atom stereocenters. The van der Waals surface area contributed by atoms with Gasteiger partial charge in [0.25, 0.3) is 5.91 Å². The number of carbonyl (C=O) groups excluding carboxylic acids is 1. The van der Waals surface area contributed by atoms with E-state index in [9.17, 15) is 4.79 Å². The smallest absolute Gasteiger partial charge is 0.256 e. The molecule has 7 heteroatoms. The molecule has 1 amide bonds. The van der Waals surface area contributed by atoms with Gasteiger partial charge in [-0.15, -0.1) is 0 Å².